The molecule has 2 aliphatic rings. The molecule has 3 nitrogen and oxygen atoms in total. The summed E-state index contributed by atoms with van der Waals surface area (Å²) in [5, 5.41) is 3.13. The van der Waals surface area contributed by atoms with Gasteiger partial charge in [0.05, 0.1) is 0 Å². The van der Waals surface area contributed by atoms with Crippen LogP contribution in [0.25, 0.3) is 0 Å². The zero-order valence-electron chi connectivity index (χ0n) is 11.3. The Morgan fingerprint density at radius 3 is 2.74 bits per heavy atom. The van der Waals surface area contributed by atoms with E-state index in [9.17, 15) is 4.79 Å². The lowest BCUT2D eigenvalue weighted by Gasteiger charge is -2.13. The van der Waals surface area contributed by atoms with Crippen molar-refractivity contribution >= 4 is 5.91 Å². The number of rotatable bonds is 4. The second kappa shape index (κ2) is 4.97. The maximum atomic E-state index is 12.2. The topological polar surface area (TPSA) is 55.1 Å². The van der Waals surface area contributed by atoms with E-state index < -0.39 is 0 Å². The standard InChI is InChI=1S/C16H22N2O/c17-16(8-9-16)11-12-4-3-5-13(10-12)15(19)18-14-6-1-2-7-14/h3-5,10,14H,1-2,6-9,11,17H2,(H,18,19). The predicted molar refractivity (Wildman–Crippen MR) is 76.0 cm³/mol. The molecule has 0 aromatic heterocycles. The average Bonchev–Trinajstić information content (AvgIpc) is 2.91. The van der Waals surface area contributed by atoms with Crippen molar-refractivity contribution in [1.82, 2.24) is 5.32 Å². The van der Waals surface area contributed by atoms with Gasteiger partial charge in [0, 0.05) is 17.1 Å². The van der Waals surface area contributed by atoms with E-state index >= 15 is 0 Å². The Kier molecular flexibility index (Phi) is 3.31. The van der Waals surface area contributed by atoms with Crippen LogP contribution < -0.4 is 11.1 Å². The number of carbonyl (C=O) groups excluding carboxylic acids is 1. The van der Waals surface area contributed by atoms with Crippen molar-refractivity contribution in [1.29, 1.82) is 0 Å². The minimum atomic E-state index is 0.000548. The van der Waals surface area contributed by atoms with Gasteiger partial charge in [0.15, 0.2) is 0 Å². The Morgan fingerprint density at radius 1 is 1.32 bits per heavy atom. The molecular formula is C16H22N2O. The van der Waals surface area contributed by atoms with Crippen LogP contribution in [-0.2, 0) is 6.42 Å². The van der Waals surface area contributed by atoms with Crippen LogP contribution >= 0.6 is 0 Å². The van der Waals surface area contributed by atoms with Crippen molar-refractivity contribution in [2.75, 3.05) is 0 Å². The highest BCUT2D eigenvalue weighted by Crippen LogP contribution is 2.35. The van der Waals surface area contributed by atoms with E-state index in [1.807, 2.05) is 18.2 Å². The number of nitrogens with one attached hydrogen (secondary N) is 1. The Balaban J connectivity index is 1.65. The van der Waals surface area contributed by atoms with Crippen molar-refractivity contribution in [2.24, 2.45) is 5.73 Å². The summed E-state index contributed by atoms with van der Waals surface area (Å²) in [6.45, 7) is 0. The molecule has 0 spiro atoms. The lowest BCUT2D eigenvalue weighted by molar-refractivity contribution is 0.0937. The summed E-state index contributed by atoms with van der Waals surface area (Å²) in [4.78, 5) is 12.2. The molecule has 3 heteroatoms. The molecule has 0 aliphatic heterocycles. The molecule has 3 rings (SSSR count). The minimum Gasteiger partial charge on any atom is -0.349 e. The van der Waals surface area contributed by atoms with Gasteiger partial charge >= 0.3 is 0 Å². The van der Waals surface area contributed by atoms with Crippen LogP contribution in [0.4, 0.5) is 0 Å². The summed E-state index contributed by atoms with van der Waals surface area (Å²) in [7, 11) is 0. The molecule has 1 aromatic carbocycles. The first kappa shape index (κ1) is 12.7. The molecular weight excluding hydrogens is 236 g/mol. The number of amides is 1. The molecule has 102 valence electrons. The SMILES string of the molecule is NC1(Cc2cccc(C(=O)NC3CCCC3)c2)CC1. The minimum absolute atomic E-state index is 0.000548. The summed E-state index contributed by atoms with van der Waals surface area (Å²) < 4.78 is 0. The monoisotopic (exact) mass is 258 g/mol. The highest BCUT2D eigenvalue weighted by atomic mass is 16.1. The maximum absolute atomic E-state index is 12.2. The molecule has 1 amide bonds. The van der Waals surface area contributed by atoms with Gasteiger partial charge < -0.3 is 11.1 Å². The lowest BCUT2D eigenvalue weighted by atomic mass is 10.0. The van der Waals surface area contributed by atoms with Gasteiger partial charge in [0.1, 0.15) is 0 Å². The normalized spacial score (nSPS) is 21.3. The van der Waals surface area contributed by atoms with Gasteiger partial charge in [-0.25, -0.2) is 0 Å². The van der Waals surface area contributed by atoms with E-state index in [1.54, 1.807) is 0 Å². The zero-order chi connectivity index (χ0) is 13.3. The predicted octanol–water partition coefficient (Wildman–Crippen LogP) is 2.39. The van der Waals surface area contributed by atoms with Crippen LogP contribution in [0.5, 0.6) is 0 Å². The molecule has 0 unspecified atom stereocenters. The molecule has 2 fully saturated rings. The molecule has 0 bridgehead atoms. The highest BCUT2D eigenvalue weighted by molar-refractivity contribution is 5.94. The molecule has 3 N–H and O–H groups in total. The number of hydrogen-bond acceptors (Lipinski definition) is 2. The molecule has 0 heterocycles. The van der Waals surface area contributed by atoms with E-state index in [-0.39, 0.29) is 11.4 Å². The first-order chi connectivity index (χ1) is 9.15. The quantitative estimate of drug-likeness (QED) is 0.871. The van der Waals surface area contributed by atoms with Gasteiger partial charge in [-0.3, -0.25) is 4.79 Å². The van der Waals surface area contributed by atoms with Crippen molar-refractivity contribution < 1.29 is 4.79 Å². The van der Waals surface area contributed by atoms with Crippen molar-refractivity contribution in [3.8, 4) is 0 Å². The Labute approximate surface area is 114 Å². The van der Waals surface area contributed by atoms with Crippen molar-refractivity contribution in [3.05, 3.63) is 35.4 Å². The summed E-state index contributed by atoms with van der Waals surface area (Å²) >= 11 is 0. The van der Waals surface area contributed by atoms with Crippen LogP contribution in [0.15, 0.2) is 24.3 Å². The van der Waals surface area contributed by atoms with Crippen LogP contribution in [0.1, 0.15) is 54.4 Å². The van der Waals surface area contributed by atoms with Gasteiger partial charge in [-0.2, -0.15) is 0 Å². The Morgan fingerprint density at radius 2 is 2.05 bits per heavy atom. The van der Waals surface area contributed by atoms with Crippen molar-refractivity contribution in [3.63, 3.8) is 0 Å². The highest BCUT2D eigenvalue weighted by Gasteiger charge is 2.37. The summed E-state index contributed by atoms with van der Waals surface area (Å²) in [5.74, 6) is 0.0654. The maximum Gasteiger partial charge on any atom is 0.251 e. The summed E-state index contributed by atoms with van der Waals surface area (Å²) in [5.41, 5.74) is 8.09. The molecule has 0 atom stereocenters. The summed E-state index contributed by atoms with van der Waals surface area (Å²) in [6, 6.07) is 8.30. The van der Waals surface area contributed by atoms with Gasteiger partial charge in [0.25, 0.3) is 5.91 Å². The fraction of sp³-hybridized carbons (Fsp3) is 0.562. The third kappa shape index (κ3) is 3.16. The molecule has 2 saturated carbocycles. The second-order valence-corrected chi connectivity index (χ2v) is 6.19. The fourth-order valence-electron chi connectivity index (χ4n) is 2.91. The van der Waals surface area contributed by atoms with Crippen LogP contribution in [0.3, 0.4) is 0 Å². The fourth-order valence-corrected chi connectivity index (χ4v) is 2.91. The van der Waals surface area contributed by atoms with Crippen LogP contribution in [0.2, 0.25) is 0 Å². The first-order valence-corrected chi connectivity index (χ1v) is 7.33. The zero-order valence-corrected chi connectivity index (χ0v) is 11.3. The number of hydrogen-bond donors (Lipinski definition) is 2. The molecule has 0 radical (unpaired) electrons. The molecule has 19 heavy (non-hydrogen) atoms. The molecule has 1 aromatic rings. The number of carbonyl (C=O) groups is 1. The van der Waals surface area contributed by atoms with E-state index in [2.05, 4.69) is 11.4 Å². The third-order valence-electron chi connectivity index (χ3n) is 4.33. The first-order valence-electron chi connectivity index (χ1n) is 7.33. The van der Waals surface area contributed by atoms with E-state index in [1.165, 1.54) is 18.4 Å². The molecule has 2 aliphatic carbocycles. The smallest absolute Gasteiger partial charge is 0.251 e. The third-order valence-corrected chi connectivity index (χ3v) is 4.33. The van der Waals surface area contributed by atoms with E-state index in [0.717, 1.165) is 37.7 Å². The van der Waals surface area contributed by atoms with Crippen LogP contribution in [-0.4, -0.2) is 17.5 Å². The second-order valence-electron chi connectivity index (χ2n) is 6.19. The number of nitrogens with two attached hydrogens (primary N) is 1. The Bertz CT molecular complexity index is 473. The van der Waals surface area contributed by atoms with Gasteiger partial charge in [0.2, 0.25) is 0 Å². The van der Waals surface area contributed by atoms with Crippen molar-refractivity contribution in [2.45, 2.75) is 56.5 Å². The summed E-state index contributed by atoms with van der Waals surface area (Å²) in [6.07, 6.45) is 7.81. The van der Waals surface area contributed by atoms with E-state index in [0.29, 0.717) is 6.04 Å². The van der Waals surface area contributed by atoms with Gasteiger partial charge in [-0.05, 0) is 49.8 Å². The number of benzene rings is 1. The van der Waals surface area contributed by atoms with Gasteiger partial charge in [-0.1, -0.05) is 25.0 Å². The Hall–Kier alpha value is -1.35. The lowest BCUT2D eigenvalue weighted by Crippen LogP contribution is -2.32. The van der Waals surface area contributed by atoms with Gasteiger partial charge in [-0.15, -0.1) is 0 Å². The largest absolute Gasteiger partial charge is 0.349 e. The average molecular weight is 258 g/mol. The van der Waals surface area contributed by atoms with Crippen LogP contribution in [0, 0.1) is 0 Å². The van der Waals surface area contributed by atoms with E-state index in [4.69, 9.17) is 5.73 Å². The molecule has 0 saturated heterocycles.